The molecule has 1 rings (SSSR count). The number of nitrogens with zero attached hydrogens (tertiary/aromatic N) is 4. The monoisotopic (exact) mass is 475 g/mol. The number of nitrogens with one attached hydrogen (secondary N) is 1. The smallest absolute Gasteiger partial charge is 0.322 e. The second-order valence-corrected chi connectivity index (χ2v) is 7.83. The van der Waals surface area contributed by atoms with Crippen molar-refractivity contribution >= 4 is 29.8 Å². The van der Waals surface area contributed by atoms with Crippen LogP contribution in [-0.4, -0.2) is 154 Å². The van der Waals surface area contributed by atoms with Gasteiger partial charge in [-0.2, -0.15) is 0 Å². The van der Waals surface area contributed by atoms with E-state index in [0.717, 1.165) is 0 Å². The lowest BCUT2D eigenvalue weighted by molar-refractivity contribution is -0.140. The lowest BCUT2D eigenvalue weighted by Crippen LogP contribution is -2.53. The number of carbonyl (C=O) groups excluding carboxylic acids is 1. The Hall–Kier alpha value is -2.81. The van der Waals surface area contributed by atoms with Crippen LogP contribution < -0.4 is 5.32 Å². The van der Waals surface area contributed by atoms with Crippen LogP contribution in [0.3, 0.4) is 0 Å². The molecule has 188 valence electrons. The van der Waals surface area contributed by atoms with Crippen molar-refractivity contribution in [1.82, 2.24) is 24.9 Å². The summed E-state index contributed by atoms with van der Waals surface area (Å²) < 4.78 is 0. The predicted octanol–water partition coefficient (Wildman–Crippen LogP) is -2.95. The third-order valence-corrected chi connectivity index (χ3v) is 5.29. The van der Waals surface area contributed by atoms with Crippen LogP contribution in [0.2, 0.25) is 0 Å². The Labute approximate surface area is 191 Å². The molecule has 0 aliphatic carbocycles. The summed E-state index contributed by atoms with van der Waals surface area (Å²) >= 11 is 0. The minimum Gasteiger partial charge on any atom is -0.480 e. The lowest BCUT2D eigenvalue weighted by atomic mass is 10.2. The highest BCUT2D eigenvalue weighted by Gasteiger charge is 2.25. The molecule has 1 atom stereocenters. The van der Waals surface area contributed by atoms with Crippen LogP contribution in [0.4, 0.5) is 0 Å². The van der Waals surface area contributed by atoms with E-state index < -0.39 is 42.4 Å². The van der Waals surface area contributed by atoms with Gasteiger partial charge in [0.1, 0.15) is 6.54 Å². The highest BCUT2D eigenvalue weighted by Crippen LogP contribution is 2.05. The van der Waals surface area contributed by atoms with Crippen molar-refractivity contribution in [3.8, 4) is 0 Å². The fraction of sp³-hybridized carbons (Fsp3) is 0.737. The molecule has 33 heavy (non-hydrogen) atoms. The van der Waals surface area contributed by atoms with Crippen molar-refractivity contribution < 1.29 is 44.4 Å². The van der Waals surface area contributed by atoms with Gasteiger partial charge in [-0.1, -0.05) is 0 Å². The van der Waals surface area contributed by atoms with Gasteiger partial charge in [0.25, 0.3) is 0 Å². The van der Waals surface area contributed by atoms with Gasteiger partial charge in [-0.05, 0) is 6.92 Å². The Morgan fingerprint density at radius 2 is 0.970 bits per heavy atom. The van der Waals surface area contributed by atoms with Crippen LogP contribution >= 0.6 is 0 Å². The summed E-state index contributed by atoms with van der Waals surface area (Å²) in [5.74, 6) is -4.82. The summed E-state index contributed by atoms with van der Waals surface area (Å²) in [4.78, 5) is 63.6. The van der Waals surface area contributed by atoms with E-state index >= 15 is 0 Å². The number of hydrogen-bond acceptors (Lipinski definition) is 9. The molecule has 0 saturated carbocycles. The number of carbonyl (C=O) groups is 5. The molecule has 0 aromatic rings. The maximum atomic E-state index is 12.4. The maximum Gasteiger partial charge on any atom is 0.322 e. The first-order valence-electron chi connectivity index (χ1n) is 10.5. The molecule has 0 aromatic heterocycles. The van der Waals surface area contributed by atoms with E-state index in [4.69, 9.17) is 10.2 Å². The summed E-state index contributed by atoms with van der Waals surface area (Å²) in [5.41, 5.74) is 0. The highest BCUT2D eigenvalue weighted by molar-refractivity contribution is 5.84. The van der Waals surface area contributed by atoms with Crippen LogP contribution in [0.15, 0.2) is 0 Å². The number of carboxylic acid groups (broad SMARTS) is 4. The van der Waals surface area contributed by atoms with Gasteiger partial charge in [0, 0.05) is 52.4 Å². The number of amides is 1. The molecule has 0 spiro atoms. The average Bonchev–Trinajstić information content (AvgIpc) is 2.70. The summed E-state index contributed by atoms with van der Waals surface area (Å²) in [5, 5.41) is 38.7. The van der Waals surface area contributed by atoms with Crippen molar-refractivity contribution in [3.05, 3.63) is 0 Å². The largest absolute Gasteiger partial charge is 0.480 e. The Morgan fingerprint density at radius 1 is 0.636 bits per heavy atom. The maximum absolute atomic E-state index is 12.4. The molecule has 0 bridgehead atoms. The summed E-state index contributed by atoms with van der Waals surface area (Å²) in [6, 6.07) is -0.728. The molecule has 0 aromatic carbocycles. The molecule has 1 unspecified atom stereocenters. The van der Waals surface area contributed by atoms with Gasteiger partial charge in [0.05, 0.1) is 25.7 Å². The topological polar surface area (TPSA) is 191 Å². The summed E-state index contributed by atoms with van der Waals surface area (Å²) in [6.45, 7) is 2.44. The van der Waals surface area contributed by atoms with E-state index in [1.165, 1.54) is 0 Å². The van der Waals surface area contributed by atoms with E-state index in [1.807, 2.05) is 0 Å². The zero-order chi connectivity index (χ0) is 25.0. The number of rotatable bonds is 10. The van der Waals surface area contributed by atoms with Gasteiger partial charge in [-0.15, -0.1) is 0 Å². The Bertz CT molecular complexity index is 673. The van der Waals surface area contributed by atoms with Gasteiger partial charge in [-0.3, -0.25) is 43.6 Å². The van der Waals surface area contributed by atoms with Crippen molar-refractivity contribution in [1.29, 1.82) is 0 Å². The van der Waals surface area contributed by atoms with Gasteiger partial charge in [-0.25, -0.2) is 0 Å². The second-order valence-electron chi connectivity index (χ2n) is 7.83. The van der Waals surface area contributed by atoms with E-state index in [9.17, 15) is 34.2 Å². The molecule has 1 aliphatic heterocycles. The molecule has 1 fully saturated rings. The highest BCUT2D eigenvalue weighted by atomic mass is 16.4. The zero-order valence-electron chi connectivity index (χ0n) is 18.7. The zero-order valence-corrected chi connectivity index (χ0v) is 18.7. The fourth-order valence-corrected chi connectivity index (χ4v) is 3.46. The first kappa shape index (κ1) is 28.2. The number of carboxylic acids is 4. The molecule has 0 radical (unpaired) electrons. The van der Waals surface area contributed by atoms with Crippen molar-refractivity contribution in [2.24, 2.45) is 0 Å². The molecule has 14 heteroatoms. The third kappa shape index (κ3) is 12.1. The van der Waals surface area contributed by atoms with E-state index in [2.05, 4.69) is 5.32 Å². The molecule has 1 aliphatic rings. The SMILES string of the molecule is CC(C(=O)NCC(=O)O)N1CCN(CC(=O)O)CCN(CC(=O)O)CCN(CC(=O)O)CC1. The van der Waals surface area contributed by atoms with Crippen molar-refractivity contribution in [3.63, 3.8) is 0 Å². The third-order valence-electron chi connectivity index (χ3n) is 5.29. The molecule has 14 nitrogen and oxygen atoms in total. The van der Waals surface area contributed by atoms with Crippen molar-refractivity contribution in [2.45, 2.75) is 13.0 Å². The molecule has 1 saturated heterocycles. The van der Waals surface area contributed by atoms with Gasteiger partial charge >= 0.3 is 23.9 Å². The minimum absolute atomic E-state index is 0.255. The van der Waals surface area contributed by atoms with Gasteiger partial charge in [0.15, 0.2) is 0 Å². The minimum atomic E-state index is -1.18. The van der Waals surface area contributed by atoms with Crippen LogP contribution in [0.5, 0.6) is 0 Å². The predicted molar refractivity (Wildman–Crippen MR) is 114 cm³/mol. The van der Waals surface area contributed by atoms with Crippen LogP contribution in [0.1, 0.15) is 6.92 Å². The number of hydrogen-bond donors (Lipinski definition) is 5. The Balaban J connectivity index is 3.02. The van der Waals surface area contributed by atoms with Crippen LogP contribution in [0.25, 0.3) is 0 Å². The Kier molecular flexibility index (Phi) is 12.3. The molecule has 5 N–H and O–H groups in total. The average molecular weight is 475 g/mol. The summed E-state index contributed by atoms with van der Waals surface area (Å²) in [7, 11) is 0. The number of aliphatic carboxylic acids is 4. The Morgan fingerprint density at radius 3 is 1.27 bits per heavy atom. The van der Waals surface area contributed by atoms with Crippen molar-refractivity contribution in [2.75, 3.05) is 78.5 Å². The molecule has 1 amide bonds. The first-order chi connectivity index (χ1) is 15.5. The first-order valence-corrected chi connectivity index (χ1v) is 10.5. The lowest BCUT2D eigenvalue weighted by Gasteiger charge is -2.35. The fourth-order valence-electron chi connectivity index (χ4n) is 3.46. The van der Waals surface area contributed by atoms with Gasteiger partial charge in [0.2, 0.25) is 5.91 Å². The van der Waals surface area contributed by atoms with Gasteiger partial charge < -0.3 is 25.7 Å². The van der Waals surface area contributed by atoms with Crippen LogP contribution in [-0.2, 0) is 24.0 Å². The van der Waals surface area contributed by atoms with E-state index in [1.54, 1.807) is 26.5 Å². The van der Waals surface area contributed by atoms with E-state index in [0.29, 0.717) is 0 Å². The standard InChI is InChI=1S/C19H33N5O9/c1-14(19(33)20-10-15(25)26)24-8-6-22(12-17(29)30)4-2-21(11-16(27)28)3-5-23(7-9-24)13-18(31)32/h14H,2-13H2,1H3,(H,20,33)(H,25,26)(H,27,28)(H,29,30)(H,31,32). The summed E-state index contributed by atoms with van der Waals surface area (Å²) in [6.07, 6.45) is 0. The normalized spacial score (nSPS) is 19.1. The molecular weight excluding hydrogens is 442 g/mol. The van der Waals surface area contributed by atoms with Crippen LogP contribution in [0, 0.1) is 0 Å². The quantitative estimate of drug-likeness (QED) is 0.216. The molecule has 1 heterocycles. The second kappa shape index (κ2) is 14.4. The molecular formula is C19H33N5O9. The van der Waals surface area contributed by atoms with E-state index in [-0.39, 0.29) is 72.0 Å².